The molecule has 3 heteroatoms. The SMILES string of the molecule is CC1=C2C(=CC=CC2(C)C=O)N=N1. The smallest absolute Gasteiger partial charge is 0.134 e. The third-order valence-corrected chi connectivity index (χ3v) is 2.41. The minimum absolute atomic E-state index is 0.544. The van der Waals surface area contributed by atoms with Gasteiger partial charge in [-0.2, -0.15) is 10.2 Å². The van der Waals surface area contributed by atoms with Crippen molar-refractivity contribution in [3.05, 3.63) is 35.2 Å². The van der Waals surface area contributed by atoms with Crippen molar-refractivity contribution in [2.75, 3.05) is 0 Å². The molecule has 1 aliphatic heterocycles. The molecule has 13 heavy (non-hydrogen) atoms. The van der Waals surface area contributed by atoms with Gasteiger partial charge in [-0.3, -0.25) is 0 Å². The monoisotopic (exact) mass is 174 g/mol. The quantitative estimate of drug-likeness (QED) is 0.563. The summed E-state index contributed by atoms with van der Waals surface area (Å²) in [6, 6.07) is 0. The van der Waals surface area contributed by atoms with Gasteiger partial charge in [0.2, 0.25) is 0 Å². The van der Waals surface area contributed by atoms with Gasteiger partial charge in [-0.05, 0) is 19.9 Å². The first kappa shape index (κ1) is 8.10. The summed E-state index contributed by atoms with van der Waals surface area (Å²) in [6.07, 6.45) is 6.54. The van der Waals surface area contributed by atoms with Crippen LogP contribution < -0.4 is 0 Å². The number of hydrogen-bond donors (Lipinski definition) is 0. The highest BCUT2D eigenvalue weighted by Crippen LogP contribution is 2.41. The molecule has 0 aromatic carbocycles. The van der Waals surface area contributed by atoms with Gasteiger partial charge in [-0.1, -0.05) is 12.2 Å². The lowest BCUT2D eigenvalue weighted by Gasteiger charge is -2.23. The molecular formula is C10H10N2O. The summed E-state index contributed by atoms with van der Waals surface area (Å²) >= 11 is 0. The average molecular weight is 174 g/mol. The molecule has 0 radical (unpaired) electrons. The van der Waals surface area contributed by atoms with E-state index in [9.17, 15) is 4.79 Å². The minimum atomic E-state index is -0.544. The van der Waals surface area contributed by atoms with E-state index in [4.69, 9.17) is 0 Å². The molecule has 2 rings (SSSR count). The Kier molecular flexibility index (Phi) is 1.55. The van der Waals surface area contributed by atoms with Crippen LogP contribution in [0.1, 0.15) is 13.8 Å². The molecule has 0 aromatic rings. The molecule has 3 nitrogen and oxygen atoms in total. The van der Waals surface area contributed by atoms with Gasteiger partial charge in [0.05, 0.1) is 16.8 Å². The van der Waals surface area contributed by atoms with Crippen molar-refractivity contribution in [2.24, 2.45) is 15.6 Å². The number of azo groups is 1. The standard InChI is InChI=1S/C10H10N2O/c1-7-9-8(12-11-7)4-3-5-10(9,2)6-13/h3-6H,1-2H3. The van der Waals surface area contributed by atoms with E-state index < -0.39 is 5.41 Å². The molecule has 1 unspecified atom stereocenters. The molecule has 0 N–H and O–H groups in total. The summed E-state index contributed by atoms with van der Waals surface area (Å²) in [5.74, 6) is 0. The predicted molar refractivity (Wildman–Crippen MR) is 49.0 cm³/mol. The van der Waals surface area contributed by atoms with Crippen LogP contribution in [0, 0.1) is 5.41 Å². The molecule has 0 aromatic heterocycles. The lowest BCUT2D eigenvalue weighted by atomic mass is 9.78. The molecule has 1 aliphatic carbocycles. The first-order chi connectivity index (χ1) is 6.17. The summed E-state index contributed by atoms with van der Waals surface area (Å²) in [4.78, 5) is 11.0. The number of fused-ring (bicyclic) bond motifs is 1. The van der Waals surface area contributed by atoms with E-state index in [1.807, 2.05) is 32.1 Å². The van der Waals surface area contributed by atoms with E-state index in [1.54, 1.807) is 0 Å². The highest BCUT2D eigenvalue weighted by Gasteiger charge is 2.34. The Balaban J connectivity index is 2.60. The van der Waals surface area contributed by atoms with Gasteiger partial charge < -0.3 is 4.79 Å². The maximum atomic E-state index is 11.0. The summed E-state index contributed by atoms with van der Waals surface area (Å²) < 4.78 is 0. The Morgan fingerprint density at radius 3 is 2.92 bits per heavy atom. The molecule has 1 atom stereocenters. The summed E-state index contributed by atoms with van der Waals surface area (Å²) in [5.41, 5.74) is 2.04. The number of carbonyl (C=O) groups excluding carboxylic acids is 1. The van der Waals surface area contributed by atoms with Gasteiger partial charge >= 0.3 is 0 Å². The Morgan fingerprint density at radius 1 is 1.46 bits per heavy atom. The zero-order valence-corrected chi connectivity index (χ0v) is 7.61. The second-order valence-electron chi connectivity index (χ2n) is 3.47. The fraction of sp³-hybridized carbons (Fsp3) is 0.300. The van der Waals surface area contributed by atoms with Gasteiger partial charge in [-0.15, -0.1) is 0 Å². The molecule has 2 aliphatic rings. The Hall–Kier alpha value is -1.51. The van der Waals surface area contributed by atoms with Crippen molar-refractivity contribution >= 4 is 6.29 Å². The molecular weight excluding hydrogens is 164 g/mol. The van der Waals surface area contributed by atoms with Crippen molar-refractivity contribution < 1.29 is 4.79 Å². The van der Waals surface area contributed by atoms with Crippen molar-refractivity contribution in [1.29, 1.82) is 0 Å². The van der Waals surface area contributed by atoms with E-state index in [-0.39, 0.29) is 0 Å². The van der Waals surface area contributed by atoms with Crippen LogP contribution in [0.15, 0.2) is 45.4 Å². The van der Waals surface area contributed by atoms with Crippen LogP contribution in [0.25, 0.3) is 0 Å². The normalized spacial score (nSPS) is 30.5. The lowest BCUT2D eigenvalue weighted by Crippen LogP contribution is -2.21. The van der Waals surface area contributed by atoms with E-state index in [0.717, 1.165) is 23.3 Å². The Labute approximate surface area is 76.6 Å². The lowest BCUT2D eigenvalue weighted by molar-refractivity contribution is -0.112. The van der Waals surface area contributed by atoms with Crippen LogP contribution in [-0.2, 0) is 4.79 Å². The molecule has 0 saturated heterocycles. The van der Waals surface area contributed by atoms with Crippen molar-refractivity contribution in [1.82, 2.24) is 0 Å². The van der Waals surface area contributed by atoms with E-state index in [2.05, 4.69) is 10.2 Å². The molecule has 0 spiro atoms. The first-order valence-electron chi connectivity index (χ1n) is 4.17. The highest BCUT2D eigenvalue weighted by atomic mass is 16.1. The van der Waals surface area contributed by atoms with E-state index in [1.165, 1.54) is 0 Å². The fourth-order valence-electron chi connectivity index (χ4n) is 1.72. The highest BCUT2D eigenvalue weighted by molar-refractivity contribution is 5.73. The summed E-state index contributed by atoms with van der Waals surface area (Å²) in [6.45, 7) is 3.75. The molecule has 0 bridgehead atoms. The van der Waals surface area contributed by atoms with E-state index in [0.29, 0.717) is 0 Å². The van der Waals surface area contributed by atoms with Crippen molar-refractivity contribution in [3.63, 3.8) is 0 Å². The third kappa shape index (κ3) is 1.00. The molecule has 66 valence electrons. The molecule has 0 fully saturated rings. The summed E-state index contributed by atoms with van der Waals surface area (Å²) in [5, 5.41) is 7.95. The van der Waals surface area contributed by atoms with Crippen LogP contribution in [0.4, 0.5) is 0 Å². The van der Waals surface area contributed by atoms with Crippen LogP contribution >= 0.6 is 0 Å². The summed E-state index contributed by atoms with van der Waals surface area (Å²) in [7, 11) is 0. The second kappa shape index (κ2) is 2.49. The van der Waals surface area contributed by atoms with Gasteiger partial charge in [-0.25, -0.2) is 0 Å². The van der Waals surface area contributed by atoms with Crippen LogP contribution in [0.5, 0.6) is 0 Å². The zero-order valence-electron chi connectivity index (χ0n) is 7.61. The average Bonchev–Trinajstić information content (AvgIpc) is 2.50. The minimum Gasteiger partial charge on any atom is -0.302 e. The number of rotatable bonds is 1. The van der Waals surface area contributed by atoms with Gasteiger partial charge in [0.25, 0.3) is 0 Å². The van der Waals surface area contributed by atoms with E-state index >= 15 is 0 Å². The van der Waals surface area contributed by atoms with Gasteiger partial charge in [0, 0.05) is 5.57 Å². The molecule has 0 saturated carbocycles. The number of carbonyl (C=O) groups is 1. The van der Waals surface area contributed by atoms with Crippen LogP contribution in [0.3, 0.4) is 0 Å². The largest absolute Gasteiger partial charge is 0.302 e. The number of hydrogen-bond acceptors (Lipinski definition) is 3. The topological polar surface area (TPSA) is 41.8 Å². The maximum Gasteiger partial charge on any atom is 0.134 e. The Bertz CT molecular complexity index is 388. The van der Waals surface area contributed by atoms with Crippen LogP contribution in [0.2, 0.25) is 0 Å². The fourth-order valence-corrected chi connectivity index (χ4v) is 1.72. The number of nitrogens with zero attached hydrogens (tertiary/aromatic N) is 2. The molecule has 1 heterocycles. The van der Waals surface area contributed by atoms with Crippen LogP contribution in [-0.4, -0.2) is 6.29 Å². The second-order valence-corrected chi connectivity index (χ2v) is 3.47. The third-order valence-electron chi connectivity index (χ3n) is 2.41. The van der Waals surface area contributed by atoms with Gasteiger partial charge in [0.1, 0.15) is 6.29 Å². The number of allylic oxidation sites excluding steroid dienone is 5. The first-order valence-corrected chi connectivity index (χ1v) is 4.17. The zero-order chi connectivity index (χ0) is 9.47. The van der Waals surface area contributed by atoms with Gasteiger partial charge in [0.15, 0.2) is 0 Å². The van der Waals surface area contributed by atoms with Crippen molar-refractivity contribution in [3.8, 4) is 0 Å². The predicted octanol–water partition coefficient (Wildman–Crippen LogP) is 2.39. The van der Waals surface area contributed by atoms with Crippen molar-refractivity contribution in [2.45, 2.75) is 13.8 Å². The number of aldehydes is 1. The Morgan fingerprint density at radius 2 is 2.23 bits per heavy atom. The maximum absolute atomic E-state index is 11.0. The molecule has 0 amide bonds.